The third-order valence-corrected chi connectivity index (χ3v) is 3.03. The molecule has 0 aromatic heterocycles. The summed E-state index contributed by atoms with van der Waals surface area (Å²) in [6, 6.07) is 0. The Kier molecular flexibility index (Phi) is 12.6. The molecule has 2 aliphatic rings. The summed E-state index contributed by atoms with van der Waals surface area (Å²) in [6.07, 6.45) is 4.46. The van der Waals surface area contributed by atoms with Crippen LogP contribution < -0.4 is 5.32 Å². The Morgan fingerprint density at radius 1 is 1.22 bits per heavy atom. The Balaban J connectivity index is 0. The maximum absolute atomic E-state index is 9.75. The molecule has 3 heteroatoms. The Hall–Kier alpha value is -0.570. The summed E-state index contributed by atoms with van der Waals surface area (Å²) in [5, 5.41) is 2.72. The maximum Gasteiger partial charge on any atom is 0.207 e. The molecule has 1 aliphatic carbocycles. The third-order valence-electron chi connectivity index (χ3n) is 3.03. The molecule has 2 fully saturated rings. The van der Waals surface area contributed by atoms with Gasteiger partial charge in [-0.25, -0.2) is 0 Å². The van der Waals surface area contributed by atoms with Crippen molar-refractivity contribution >= 4 is 6.41 Å². The van der Waals surface area contributed by atoms with E-state index in [-0.39, 0.29) is 5.54 Å². The van der Waals surface area contributed by atoms with Crippen LogP contribution in [0.2, 0.25) is 0 Å². The van der Waals surface area contributed by atoms with Crippen LogP contribution >= 0.6 is 0 Å². The standard InChI is InChI=1S/C6H13N.C5H9NO.2C2H6/c1-6-3-4-7(2)5-6;1-5(2-3-5)6-4-7;2*1-2/h6H,3-5H2,1-2H3;4H,2-3H2,1H3,(H,6,7);2*1-2H3. The second kappa shape index (κ2) is 11.5. The van der Waals surface area contributed by atoms with Gasteiger partial charge < -0.3 is 10.2 Å². The average molecular weight is 258 g/mol. The fraction of sp³-hybridized carbons (Fsp3) is 0.933. The van der Waals surface area contributed by atoms with Gasteiger partial charge in [0.15, 0.2) is 0 Å². The van der Waals surface area contributed by atoms with Crippen molar-refractivity contribution in [1.82, 2.24) is 10.2 Å². The molecule has 1 saturated carbocycles. The van der Waals surface area contributed by atoms with Gasteiger partial charge in [0.25, 0.3) is 0 Å². The highest BCUT2D eigenvalue weighted by atomic mass is 16.1. The Morgan fingerprint density at radius 3 is 1.83 bits per heavy atom. The monoisotopic (exact) mass is 258 g/mol. The van der Waals surface area contributed by atoms with Crippen molar-refractivity contribution in [3.8, 4) is 0 Å². The van der Waals surface area contributed by atoms with Crippen LogP contribution in [0.1, 0.15) is 60.8 Å². The molecule has 1 heterocycles. The predicted molar refractivity (Wildman–Crippen MR) is 80.8 cm³/mol. The van der Waals surface area contributed by atoms with Gasteiger partial charge in [0.05, 0.1) is 0 Å². The number of rotatable bonds is 2. The van der Waals surface area contributed by atoms with Crippen molar-refractivity contribution in [2.24, 2.45) is 5.92 Å². The van der Waals surface area contributed by atoms with E-state index in [1.165, 1.54) is 19.5 Å². The summed E-state index contributed by atoms with van der Waals surface area (Å²) < 4.78 is 0. The summed E-state index contributed by atoms with van der Waals surface area (Å²) >= 11 is 0. The van der Waals surface area contributed by atoms with Gasteiger partial charge in [-0.05, 0) is 45.7 Å². The molecule has 0 aromatic rings. The maximum atomic E-state index is 9.75. The van der Waals surface area contributed by atoms with Gasteiger partial charge in [0, 0.05) is 12.1 Å². The number of likely N-dealkylation sites (tertiary alicyclic amines) is 1. The Morgan fingerprint density at radius 2 is 1.72 bits per heavy atom. The first kappa shape index (κ1) is 19.8. The zero-order chi connectivity index (χ0) is 14.6. The number of carbonyl (C=O) groups excluding carboxylic acids is 1. The molecule has 110 valence electrons. The van der Waals surface area contributed by atoms with Crippen molar-refractivity contribution < 1.29 is 4.79 Å². The molecule has 1 unspecified atom stereocenters. The predicted octanol–water partition coefficient (Wildman–Crippen LogP) is 3.30. The first-order valence-corrected chi connectivity index (χ1v) is 7.46. The fourth-order valence-corrected chi connectivity index (χ4v) is 1.63. The molecule has 1 aliphatic heterocycles. The van der Waals surface area contributed by atoms with Crippen LogP contribution in [-0.4, -0.2) is 37.0 Å². The molecular formula is C15H34N2O. The molecule has 1 saturated heterocycles. The van der Waals surface area contributed by atoms with E-state index in [1.54, 1.807) is 0 Å². The van der Waals surface area contributed by atoms with Crippen LogP contribution in [0.25, 0.3) is 0 Å². The van der Waals surface area contributed by atoms with Crippen LogP contribution in [0.15, 0.2) is 0 Å². The van der Waals surface area contributed by atoms with Gasteiger partial charge in [-0.1, -0.05) is 34.6 Å². The first-order chi connectivity index (χ1) is 8.56. The highest BCUT2D eigenvalue weighted by molar-refractivity contribution is 5.48. The van der Waals surface area contributed by atoms with Crippen molar-refractivity contribution in [2.45, 2.75) is 66.3 Å². The summed E-state index contributed by atoms with van der Waals surface area (Å²) in [5.74, 6) is 0.949. The largest absolute Gasteiger partial charge is 0.354 e. The minimum Gasteiger partial charge on any atom is -0.354 e. The minimum absolute atomic E-state index is 0.182. The van der Waals surface area contributed by atoms with Gasteiger partial charge in [0.1, 0.15) is 0 Å². The first-order valence-electron chi connectivity index (χ1n) is 7.46. The Bertz CT molecular complexity index is 183. The van der Waals surface area contributed by atoms with E-state index in [2.05, 4.69) is 24.2 Å². The van der Waals surface area contributed by atoms with E-state index in [1.807, 2.05) is 34.6 Å². The number of nitrogens with one attached hydrogen (secondary N) is 1. The highest BCUT2D eigenvalue weighted by Crippen LogP contribution is 2.33. The molecule has 0 aromatic carbocycles. The van der Waals surface area contributed by atoms with Gasteiger partial charge >= 0.3 is 0 Å². The second-order valence-electron chi connectivity index (χ2n) is 4.98. The molecule has 3 nitrogen and oxygen atoms in total. The molecular weight excluding hydrogens is 224 g/mol. The van der Waals surface area contributed by atoms with E-state index in [4.69, 9.17) is 0 Å². The van der Waals surface area contributed by atoms with E-state index < -0.39 is 0 Å². The lowest BCUT2D eigenvalue weighted by molar-refractivity contribution is -0.110. The average Bonchev–Trinajstić information content (AvgIpc) is 2.98. The van der Waals surface area contributed by atoms with Crippen molar-refractivity contribution in [2.75, 3.05) is 20.1 Å². The summed E-state index contributed by atoms with van der Waals surface area (Å²) in [7, 11) is 2.18. The molecule has 1 atom stereocenters. The van der Waals surface area contributed by atoms with Crippen molar-refractivity contribution in [3.63, 3.8) is 0 Å². The van der Waals surface area contributed by atoms with Crippen molar-refractivity contribution in [3.05, 3.63) is 0 Å². The number of hydrogen-bond acceptors (Lipinski definition) is 2. The molecule has 0 bridgehead atoms. The minimum atomic E-state index is 0.182. The second-order valence-corrected chi connectivity index (χ2v) is 4.98. The van der Waals surface area contributed by atoms with E-state index in [0.717, 1.165) is 25.2 Å². The van der Waals surface area contributed by atoms with Crippen LogP contribution in [0.4, 0.5) is 0 Å². The van der Waals surface area contributed by atoms with Crippen LogP contribution in [0, 0.1) is 5.92 Å². The van der Waals surface area contributed by atoms with Gasteiger partial charge in [-0.15, -0.1) is 0 Å². The van der Waals surface area contributed by atoms with E-state index in [0.29, 0.717) is 0 Å². The molecule has 0 radical (unpaired) electrons. The lowest BCUT2D eigenvalue weighted by Gasteiger charge is -2.03. The van der Waals surface area contributed by atoms with Gasteiger partial charge in [-0.2, -0.15) is 0 Å². The summed E-state index contributed by atoms with van der Waals surface area (Å²) in [6.45, 7) is 15.0. The summed E-state index contributed by atoms with van der Waals surface area (Å²) in [5.41, 5.74) is 0.182. The van der Waals surface area contributed by atoms with Crippen LogP contribution in [-0.2, 0) is 4.79 Å². The number of amides is 1. The highest BCUT2D eigenvalue weighted by Gasteiger charge is 2.36. The third kappa shape index (κ3) is 10.6. The van der Waals surface area contributed by atoms with Gasteiger partial charge in [-0.3, -0.25) is 4.79 Å². The zero-order valence-electron chi connectivity index (χ0n) is 13.5. The molecule has 18 heavy (non-hydrogen) atoms. The lowest BCUT2D eigenvalue weighted by Crippen LogP contribution is -2.25. The van der Waals surface area contributed by atoms with Crippen LogP contribution in [0.5, 0.6) is 0 Å². The van der Waals surface area contributed by atoms with Gasteiger partial charge in [0.2, 0.25) is 6.41 Å². The lowest BCUT2D eigenvalue weighted by atomic mass is 10.2. The van der Waals surface area contributed by atoms with E-state index >= 15 is 0 Å². The van der Waals surface area contributed by atoms with E-state index in [9.17, 15) is 4.79 Å². The number of hydrogen-bond donors (Lipinski definition) is 1. The SMILES string of the molecule is CC.CC.CC1(NC=O)CC1.CC1CCN(C)C1. The number of nitrogens with zero attached hydrogens (tertiary/aromatic N) is 1. The van der Waals surface area contributed by atoms with Crippen molar-refractivity contribution in [1.29, 1.82) is 0 Å². The Labute approximate surface area is 114 Å². The number of carbonyl (C=O) groups is 1. The molecule has 2 rings (SSSR count). The fourth-order valence-electron chi connectivity index (χ4n) is 1.63. The zero-order valence-corrected chi connectivity index (χ0v) is 13.5. The molecule has 1 N–H and O–H groups in total. The quantitative estimate of drug-likeness (QED) is 0.771. The topological polar surface area (TPSA) is 32.3 Å². The smallest absolute Gasteiger partial charge is 0.207 e. The molecule has 0 spiro atoms. The normalized spacial score (nSPS) is 23.2. The molecule has 1 amide bonds. The van der Waals surface area contributed by atoms with Crippen LogP contribution in [0.3, 0.4) is 0 Å². The summed E-state index contributed by atoms with van der Waals surface area (Å²) in [4.78, 5) is 12.1.